The molecule has 7 rings (SSSR count). The van der Waals surface area contributed by atoms with Crippen molar-refractivity contribution in [3.05, 3.63) is 47.5 Å². The van der Waals surface area contributed by atoms with Crippen molar-refractivity contribution >= 4 is 29.3 Å². The second kappa shape index (κ2) is 14.0. The number of rotatable bonds is 12. The lowest BCUT2D eigenvalue weighted by Gasteiger charge is -2.38. The highest BCUT2D eigenvalue weighted by Crippen LogP contribution is 2.52. The van der Waals surface area contributed by atoms with E-state index in [1.165, 1.54) is 29.1 Å². The predicted molar refractivity (Wildman–Crippen MR) is 181 cm³/mol. The molecule has 0 unspecified atom stereocenters. The molecular formula is C37H45F5N6O5. The van der Waals surface area contributed by atoms with Crippen molar-refractivity contribution in [1.82, 2.24) is 25.3 Å². The van der Waals surface area contributed by atoms with Crippen LogP contribution in [0.4, 0.5) is 27.6 Å². The summed E-state index contributed by atoms with van der Waals surface area (Å²) in [6.07, 6.45) is 2.79. The Hall–Kier alpha value is -4.08. The zero-order valence-electron chi connectivity index (χ0n) is 29.6. The van der Waals surface area contributed by atoms with Crippen LogP contribution in [-0.2, 0) is 31.1 Å². The average molecular weight is 749 g/mol. The number of hydrogen-bond donors (Lipinski definition) is 3. The van der Waals surface area contributed by atoms with Crippen molar-refractivity contribution < 1.29 is 45.9 Å². The number of alkyl halides is 4. The lowest BCUT2D eigenvalue weighted by Crippen LogP contribution is -2.58. The molecule has 1 aromatic heterocycles. The van der Waals surface area contributed by atoms with Crippen molar-refractivity contribution in [2.45, 2.75) is 119 Å². The molecule has 288 valence electrons. The minimum atomic E-state index is -3.07. The number of nitrogens with one attached hydrogen (secondary N) is 3. The van der Waals surface area contributed by atoms with Crippen molar-refractivity contribution in [3.8, 4) is 0 Å². The van der Waals surface area contributed by atoms with Gasteiger partial charge in [0.15, 0.2) is 0 Å². The highest BCUT2D eigenvalue weighted by Gasteiger charge is 2.57. The van der Waals surface area contributed by atoms with Crippen LogP contribution in [0, 0.1) is 17.7 Å². The second-order valence-corrected chi connectivity index (χ2v) is 15.7. The lowest BCUT2D eigenvalue weighted by atomic mass is 9.81. The van der Waals surface area contributed by atoms with Gasteiger partial charge in [0, 0.05) is 63.4 Å². The lowest BCUT2D eigenvalue weighted by molar-refractivity contribution is -0.145. The minimum Gasteiger partial charge on any atom is -0.371 e. The summed E-state index contributed by atoms with van der Waals surface area (Å²) < 4.78 is 79.1. The minimum absolute atomic E-state index is 0.0190. The topological polar surface area (TPSA) is 135 Å². The van der Waals surface area contributed by atoms with E-state index < -0.39 is 65.2 Å². The fourth-order valence-corrected chi connectivity index (χ4v) is 8.31. The number of carbonyl (C=O) groups is 4. The van der Waals surface area contributed by atoms with E-state index in [2.05, 4.69) is 21.0 Å². The standard InChI is InChI=1S/C37H45F5N6O5/c1-2-28(49)45-30(33(52)47-14-15-53-34(21-47)9-10-34)35(11-12-35)24-5-6-26(25(38)16-24)44-32(51)29(23-4-3-8-36(39,40)19-23)46-31(50)27-7-13-43-48(27)20-22-17-37(41,42)18-22/h5-7,13,16,22-23,29-30H,2-4,8-12,14-15,17-21H2,1H3,(H,44,51)(H,45,49)(H,46,50)/t23-,29-,30-/m0/s1. The zero-order valence-corrected chi connectivity index (χ0v) is 29.6. The van der Waals surface area contributed by atoms with Crippen molar-refractivity contribution in [2.75, 3.05) is 25.0 Å². The quantitative estimate of drug-likeness (QED) is 0.263. The highest BCUT2D eigenvalue weighted by atomic mass is 19.3. The third kappa shape index (κ3) is 7.92. The fourth-order valence-electron chi connectivity index (χ4n) is 8.31. The molecule has 4 saturated carbocycles. The second-order valence-electron chi connectivity index (χ2n) is 15.7. The number of nitrogens with zero attached hydrogens (tertiary/aromatic N) is 3. The molecule has 53 heavy (non-hydrogen) atoms. The van der Waals surface area contributed by atoms with E-state index in [-0.39, 0.29) is 73.9 Å². The Morgan fingerprint density at radius 1 is 0.981 bits per heavy atom. The van der Waals surface area contributed by atoms with Crippen LogP contribution in [0.15, 0.2) is 30.5 Å². The molecule has 2 heterocycles. The van der Waals surface area contributed by atoms with Crippen LogP contribution in [-0.4, -0.2) is 87.5 Å². The molecular weight excluding hydrogens is 703 g/mol. The van der Waals surface area contributed by atoms with Gasteiger partial charge in [-0.2, -0.15) is 5.10 Å². The molecule has 4 aliphatic carbocycles. The number of morpholine rings is 1. The molecule has 5 aliphatic rings. The van der Waals surface area contributed by atoms with Crippen molar-refractivity contribution in [3.63, 3.8) is 0 Å². The summed E-state index contributed by atoms with van der Waals surface area (Å²) in [4.78, 5) is 55.6. The first-order valence-corrected chi connectivity index (χ1v) is 18.5. The van der Waals surface area contributed by atoms with Crippen LogP contribution in [0.3, 0.4) is 0 Å². The Bertz CT molecular complexity index is 1750. The van der Waals surface area contributed by atoms with Gasteiger partial charge in [0.05, 0.1) is 17.9 Å². The molecule has 11 nitrogen and oxygen atoms in total. The number of hydrogen-bond acceptors (Lipinski definition) is 6. The Balaban J connectivity index is 1.09. The Morgan fingerprint density at radius 2 is 1.74 bits per heavy atom. The van der Waals surface area contributed by atoms with Crippen LogP contribution in [0.25, 0.3) is 0 Å². The van der Waals surface area contributed by atoms with Gasteiger partial charge in [0.1, 0.15) is 23.6 Å². The van der Waals surface area contributed by atoms with Crippen LogP contribution in [0.2, 0.25) is 0 Å². The third-order valence-electron chi connectivity index (χ3n) is 11.7. The SMILES string of the molecule is CCC(=O)N[C@@H](C(=O)N1CCOC2(CC2)C1)C1(c2ccc(NC(=O)[C@@H](NC(=O)c3ccnn3CC3CC(F)(F)C3)[C@H]3CCCC(F)(F)C3)c(F)c2)CC1. The molecule has 3 N–H and O–H groups in total. The molecule has 0 bridgehead atoms. The van der Waals surface area contributed by atoms with Crippen molar-refractivity contribution in [1.29, 1.82) is 0 Å². The molecule has 1 aromatic carbocycles. The number of anilines is 1. The predicted octanol–water partition coefficient (Wildman–Crippen LogP) is 4.95. The van der Waals surface area contributed by atoms with Gasteiger partial charge in [-0.1, -0.05) is 13.0 Å². The Kier molecular flexibility index (Phi) is 9.81. The molecule has 5 fully saturated rings. The normalized spacial score (nSPS) is 24.7. The third-order valence-corrected chi connectivity index (χ3v) is 11.7. The maximum Gasteiger partial charge on any atom is 0.270 e. The first kappa shape index (κ1) is 37.2. The maximum atomic E-state index is 15.9. The van der Waals surface area contributed by atoms with E-state index in [4.69, 9.17) is 4.74 Å². The monoisotopic (exact) mass is 748 g/mol. The summed E-state index contributed by atoms with van der Waals surface area (Å²) >= 11 is 0. The molecule has 0 radical (unpaired) electrons. The van der Waals surface area contributed by atoms with Gasteiger partial charge in [-0.3, -0.25) is 23.9 Å². The number of benzene rings is 1. The number of halogens is 5. The van der Waals surface area contributed by atoms with E-state index in [0.717, 1.165) is 12.8 Å². The molecule has 1 aliphatic heterocycles. The van der Waals surface area contributed by atoms with Crippen LogP contribution < -0.4 is 16.0 Å². The molecule has 1 spiro atoms. The molecule has 3 atom stereocenters. The maximum absolute atomic E-state index is 15.9. The summed E-state index contributed by atoms with van der Waals surface area (Å²) in [6.45, 7) is 2.92. The largest absolute Gasteiger partial charge is 0.371 e. The average Bonchev–Trinajstić information content (AvgIpc) is 4.01. The summed E-state index contributed by atoms with van der Waals surface area (Å²) in [7, 11) is 0. The van der Waals surface area contributed by atoms with Gasteiger partial charge in [-0.05, 0) is 74.1 Å². The van der Waals surface area contributed by atoms with Crippen LogP contribution in [0.5, 0.6) is 0 Å². The van der Waals surface area contributed by atoms with E-state index >= 15 is 4.39 Å². The van der Waals surface area contributed by atoms with Gasteiger partial charge in [-0.15, -0.1) is 0 Å². The van der Waals surface area contributed by atoms with E-state index in [9.17, 15) is 36.7 Å². The molecule has 2 aromatic rings. The van der Waals surface area contributed by atoms with Crippen molar-refractivity contribution in [2.24, 2.45) is 11.8 Å². The smallest absolute Gasteiger partial charge is 0.270 e. The fraction of sp³-hybridized carbons (Fsp3) is 0.649. The van der Waals surface area contributed by atoms with Crippen LogP contribution >= 0.6 is 0 Å². The molecule has 16 heteroatoms. The van der Waals surface area contributed by atoms with Gasteiger partial charge in [-0.25, -0.2) is 22.0 Å². The number of carbonyl (C=O) groups excluding carboxylic acids is 4. The summed E-state index contributed by atoms with van der Waals surface area (Å²) in [6, 6.07) is 3.06. The zero-order chi connectivity index (χ0) is 37.8. The van der Waals surface area contributed by atoms with Gasteiger partial charge >= 0.3 is 0 Å². The highest BCUT2D eigenvalue weighted by molar-refractivity contribution is 6.01. The van der Waals surface area contributed by atoms with Gasteiger partial charge < -0.3 is 25.6 Å². The van der Waals surface area contributed by atoms with E-state index in [0.29, 0.717) is 38.1 Å². The van der Waals surface area contributed by atoms with Gasteiger partial charge in [0.25, 0.3) is 5.91 Å². The number of ether oxygens (including phenoxy) is 1. The first-order chi connectivity index (χ1) is 25.1. The summed E-state index contributed by atoms with van der Waals surface area (Å²) in [5.74, 6) is -10.3. The Morgan fingerprint density at radius 3 is 2.38 bits per heavy atom. The molecule has 4 amide bonds. The first-order valence-electron chi connectivity index (χ1n) is 18.5. The van der Waals surface area contributed by atoms with E-state index in [1.807, 2.05) is 0 Å². The Labute approximate surface area is 303 Å². The van der Waals surface area contributed by atoms with Gasteiger partial charge in [0.2, 0.25) is 29.6 Å². The summed E-state index contributed by atoms with van der Waals surface area (Å²) in [5.41, 5.74) is -1.01. The summed E-state index contributed by atoms with van der Waals surface area (Å²) in [5, 5.41) is 12.0. The number of amides is 4. The van der Waals surface area contributed by atoms with Crippen LogP contribution in [0.1, 0.15) is 93.6 Å². The van der Waals surface area contributed by atoms with E-state index in [1.54, 1.807) is 17.9 Å². The number of aromatic nitrogens is 2. The molecule has 1 saturated heterocycles.